The van der Waals surface area contributed by atoms with Crippen molar-refractivity contribution in [3.05, 3.63) is 36.2 Å². The van der Waals surface area contributed by atoms with E-state index < -0.39 is 10.3 Å². The fraction of sp³-hybridized carbons (Fsp3) is 0.125. The third kappa shape index (κ3) is 2.32. The molecule has 0 aromatic carbocycles. The smallest absolute Gasteiger partial charge is 0.253 e. The zero-order valence-electron chi connectivity index (χ0n) is 7.70. The van der Waals surface area contributed by atoms with Gasteiger partial charge >= 0.3 is 10.3 Å². The van der Waals surface area contributed by atoms with Crippen LogP contribution in [0.3, 0.4) is 0 Å². The van der Waals surface area contributed by atoms with Crippen LogP contribution in [0.2, 0.25) is 0 Å². The van der Waals surface area contributed by atoms with Crippen LogP contribution in [0.1, 0.15) is 5.56 Å². The highest BCUT2D eigenvalue weighted by atomic mass is 32.2. The Morgan fingerprint density at radius 2 is 2.27 bits per heavy atom. The van der Waals surface area contributed by atoms with Crippen molar-refractivity contribution >= 4 is 15.8 Å². The maximum Gasteiger partial charge on any atom is 0.333 e. The first-order chi connectivity index (χ1) is 7.06. The Morgan fingerprint density at radius 1 is 1.47 bits per heavy atom. The van der Waals surface area contributed by atoms with Crippen LogP contribution in [-0.2, 0) is 21.1 Å². The van der Waals surface area contributed by atoms with Gasteiger partial charge in [-0.3, -0.25) is 4.18 Å². The molecule has 0 saturated carbocycles. The van der Waals surface area contributed by atoms with E-state index in [1.165, 1.54) is 0 Å². The minimum atomic E-state index is -3.91. The molecule has 0 atom stereocenters. The standard InChI is InChI=1S/C8H9N3O3S/c9-15(12,13)14-6-7-5-10-11-4-2-1-3-8(7)11/h1-5H,6H2,(H2,9,12,13). The summed E-state index contributed by atoms with van der Waals surface area (Å²) in [6.07, 6.45) is 3.30. The van der Waals surface area contributed by atoms with Crippen molar-refractivity contribution in [1.29, 1.82) is 0 Å². The summed E-state index contributed by atoms with van der Waals surface area (Å²) in [6.45, 7) is -0.105. The van der Waals surface area contributed by atoms with Gasteiger partial charge in [0.05, 0.1) is 18.3 Å². The first kappa shape index (κ1) is 10.1. The van der Waals surface area contributed by atoms with Crippen molar-refractivity contribution in [1.82, 2.24) is 9.61 Å². The molecule has 6 nitrogen and oxygen atoms in total. The van der Waals surface area contributed by atoms with E-state index in [1.807, 2.05) is 18.2 Å². The van der Waals surface area contributed by atoms with Crippen LogP contribution in [-0.4, -0.2) is 18.0 Å². The van der Waals surface area contributed by atoms with Gasteiger partial charge < -0.3 is 0 Å². The number of nitrogens with zero attached hydrogens (tertiary/aromatic N) is 2. The van der Waals surface area contributed by atoms with E-state index >= 15 is 0 Å². The van der Waals surface area contributed by atoms with Crippen molar-refractivity contribution < 1.29 is 12.6 Å². The highest BCUT2D eigenvalue weighted by Crippen LogP contribution is 2.11. The molecule has 2 heterocycles. The number of hydrogen-bond donors (Lipinski definition) is 1. The number of nitrogens with two attached hydrogens (primary N) is 1. The van der Waals surface area contributed by atoms with Gasteiger partial charge in [-0.25, -0.2) is 9.65 Å². The lowest BCUT2D eigenvalue weighted by Gasteiger charge is -1.98. The van der Waals surface area contributed by atoms with Crippen LogP contribution < -0.4 is 5.14 Å². The van der Waals surface area contributed by atoms with Gasteiger partial charge in [0.2, 0.25) is 0 Å². The Hall–Kier alpha value is -1.44. The molecule has 0 spiro atoms. The minimum Gasteiger partial charge on any atom is -0.253 e. The zero-order chi connectivity index (χ0) is 10.9. The molecule has 80 valence electrons. The Labute approximate surface area is 86.5 Å². The second-order valence-electron chi connectivity index (χ2n) is 2.96. The van der Waals surface area contributed by atoms with Gasteiger partial charge in [-0.1, -0.05) is 6.07 Å². The van der Waals surface area contributed by atoms with Gasteiger partial charge in [0.15, 0.2) is 0 Å². The number of hydrogen-bond acceptors (Lipinski definition) is 4. The molecule has 0 fully saturated rings. The summed E-state index contributed by atoms with van der Waals surface area (Å²) in [4.78, 5) is 0. The van der Waals surface area contributed by atoms with Crippen LogP contribution in [0.4, 0.5) is 0 Å². The molecule has 0 saturated heterocycles. The molecule has 2 aromatic heterocycles. The van der Waals surface area contributed by atoms with Gasteiger partial charge in [0.1, 0.15) is 0 Å². The van der Waals surface area contributed by atoms with Crippen molar-refractivity contribution in [2.75, 3.05) is 0 Å². The van der Waals surface area contributed by atoms with Gasteiger partial charge in [0, 0.05) is 11.8 Å². The molecule has 0 aliphatic rings. The van der Waals surface area contributed by atoms with Crippen molar-refractivity contribution in [3.63, 3.8) is 0 Å². The van der Waals surface area contributed by atoms with Crippen LogP contribution >= 0.6 is 0 Å². The van der Waals surface area contributed by atoms with E-state index in [2.05, 4.69) is 9.28 Å². The van der Waals surface area contributed by atoms with Crippen LogP contribution in [0, 0.1) is 0 Å². The van der Waals surface area contributed by atoms with E-state index in [0.29, 0.717) is 5.56 Å². The third-order valence-corrected chi connectivity index (χ3v) is 2.33. The average molecular weight is 227 g/mol. The molecule has 0 amide bonds. The Balaban J connectivity index is 2.29. The summed E-state index contributed by atoms with van der Waals surface area (Å²) in [5, 5.41) is 8.74. The van der Waals surface area contributed by atoms with E-state index in [-0.39, 0.29) is 6.61 Å². The molecular formula is C8H9N3O3S. The second-order valence-corrected chi connectivity index (χ2v) is 4.18. The number of fused-ring (bicyclic) bond motifs is 1. The highest BCUT2D eigenvalue weighted by Gasteiger charge is 2.07. The summed E-state index contributed by atoms with van der Waals surface area (Å²) in [6, 6.07) is 5.47. The summed E-state index contributed by atoms with van der Waals surface area (Å²) in [5.74, 6) is 0. The van der Waals surface area contributed by atoms with Crippen molar-refractivity contribution in [2.45, 2.75) is 6.61 Å². The lowest BCUT2D eigenvalue weighted by Crippen LogP contribution is -2.15. The molecule has 2 aromatic rings. The quantitative estimate of drug-likeness (QED) is 0.802. The molecule has 2 rings (SSSR count). The number of rotatable bonds is 3. The summed E-state index contributed by atoms with van der Waals surface area (Å²) in [5.41, 5.74) is 1.46. The first-order valence-electron chi connectivity index (χ1n) is 4.15. The fourth-order valence-corrected chi connectivity index (χ4v) is 1.54. The maximum absolute atomic E-state index is 10.6. The van der Waals surface area contributed by atoms with E-state index in [0.717, 1.165) is 5.52 Å². The fourth-order valence-electron chi connectivity index (χ4n) is 1.24. The molecule has 2 N–H and O–H groups in total. The molecule has 0 aliphatic heterocycles. The number of pyridine rings is 1. The van der Waals surface area contributed by atoms with E-state index in [1.54, 1.807) is 16.9 Å². The molecule has 7 heteroatoms. The molecule has 0 radical (unpaired) electrons. The lowest BCUT2D eigenvalue weighted by molar-refractivity contribution is 0.310. The molecule has 15 heavy (non-hydrogen) atoms. The summed E-state index contributed by atoms with van der Waals surface area (Å²) >= 11 is 0. The monoisotopic (exact) mass is 227 g/mol. The summed E-state index contributed by atoms with van der Waals surface area (Å²) < 4.78 is 27.3. The Kier molecular flexibility index (Phi) is 2.43. The average Bonchev–Trinajstić information content (AvgIpc) is 2.57. The predicted molar refractivity (Wildman–Crippen MR) is 53.1 cm³/mol. The van der Waals surface area contributed by atoms with Gasteiger partial charge in [-0.15, -0.1) is 0 Å². The maximum atomic E-state index is 10.6. The van der Waals surface area contributed by atoms with Crippen LogP contribution in [0.5, 0.6) is 0 Å². The van der Waals surface area contributed by atoms with Gasteiger partial charge in [-0.05, 0) is 12.1 Å². The molecular weight excluding hydrogens is 218 g/mol. The zero-order valence-corrected chi connectivity index (χ0v) is 8.52. The largest absolute Gasteiger partial charge is 0.333 e. The van der Waals surface area contributed by atoms with E-state index in [9.17, 15) is 8.42 Å². The first-order valence-corrected chi connectivity index (χ1v) is 5.62. The summed E-state index contributed by atoms with van der Waals surface area (Å²) in [7, 11) is -3.91. The van der Waals surface area contributed by atoms with Gasteiger partial charge in [-0.2, -0.15) is 13.5 Å². The van der Waals surface area contributed by atoms with E-state index in [4.69, 9.17) is 5.14 Å². The normalized spacial score (nSPS) is 12.1. The number of aromatic nitrogens is 2. The molecule has 0 aliphatic carbocycles. The predicted octanol–water partition coefficient (Wildman–Crippen LogP) is 0.0544. The highest BCUT2D eigenvalue weighted by molar-refractivity contribution is 7.84. The van der Waals surface area contributed by atoms with Crippen molar-refractivity contribution in [3.8, 4) is 0 Å². The van der Waals surface area contributed by atoms with Crippen molar-refractivity contribution in [2.24, 2.45) is 5.14 Å². The Morgan fingerprint density at radius 3 is 3.00 bits per heavy atom. The van der Waals surface area contributed by atoms with Crippen LogP contribution in [0.15, 0.2) is 30.6 Å². The van der Waals surface area contributed by atoms with Crippen LogP contribution in [0.25, 0.3) is 5.52 Å². The molecule has 0 bridgehead atoms. The third-order valence-electron chi connectivity index (χ3n) is 1.88. The topological polar surface area (TPSA) is 86.7 Å². The second kappa shape index (κ2) is 3.61. The lowest BCUT2D eigenvalue weighted by atomic mass is 10.3. The van der Waals surface area contributed by atoms with Gasteiger partial charge in [0.25, 0.3) is 0 Å². The SMILES string of the molecule is NS(=O)(=O)OCc1cnn2ccccc12. The minimum absolute atomic E-state index is 0.105. The molecule has 0 unspecified atom stereocenters. The Bertz CT molecular complexity index is 576.